The molecule has 114 valence electrons. The van der Waals surface area contributed by atoms with Crippen LogP contribution in [0.1, 0.15) is 23.2 Å². The summed E-state index contributed by atoms with van der Waals surface area (Å²) in [5, 5.41) is 8.65. The number of rotatable bonds is 3. The van der Waals surface area contributed by atoms with Crippen LogP contribution in [0.5, 0.6) is 0 Å². The van der Waals surface area contributed by atoms with Crippen LogP contribution in [0, 0.1) is 0 Å². The van der Waals surface area contributed by atoms with Crippen LogP contribution >= 0.6 is 0 Å². The second kappa shape index (κ2) is 5.43. The molecule has 2 aromatic heterocycles. The van der Waals surface area contributed by atoms with Gasteiger partial charge >= 0.3 is 0 Å². The molecule has 2 aromatic carbocycles. The van der Waals surface area contributed by atoms with E-state index < -0.39 is 6.43 Å². The van der Waals surface area contributed by atoms with E-state index in [1.165, 1.54) is 6.07 Å². The highest BCUT2D eigenvalue weighted by Crippen LogP contribution is 2.29. The minimum absolute atomic E-state index is 0.0720. The molecule has 0 radical (unpaired) electrons. The molecule has 5 heteroatoms. The fourth-order valence-corrected chi connectivity index (χ4v) is 2.89. The van der Waals surface area contributed by atoms with E-state index in [4.69, 9.17) is 0 Å². The predicted molar refractivity (Wildman–Crippen MR) is 85.6 cm³/mol. The highest BCUT2D eigenvalue weighted by atomic mass is 19.3. The number of benzene rings is 2. The molecule has 0 aliphatic carbocycles. The number of nitrogens with one attached hydrogen (secondary N) is 1. The lowest BCUT2D eigenvalue weighted by molar-refractivity contribution is 0.153. The van der Waals surface area contributed by atoms with E-state index in [9.17, 15) is 8.78 Å². The van der Waals surface area contributed by atoms with Gasteiger partial charge in [0.15, 0.2) is 0 Å². The maximum atomic E-state index is 13.1. The molecular weight excluding hydrogens is 296 g/mol. The standard InChI is InChI=1S/C18H13F2N3/c19-18(20)14-4-1-3-12-9-11(6-7-13(12)14)10-16-17-15(22-23-16)5-2-8-21-17/h1-9,18H,10H2,(H,22,23). The van der Waals surface area contributed by atoms with Crippen molar-refractivity contribution >= 4 is 21.8 Å². The molecule has 4 aromatic rings. The van der Waals surface area contributed by atoms with Crippen LogP contribution < -0.4 is 0 Å². The molecule has 1 N–H and O–H groups in total. The van der Waals surface area contributed by atoms with Gasteiger partial charge in [-0.05, 0) is 28.5 Å². The smallest absolute Gasteiger partial charge is 0.264 e. The van der Waals surface area contributed by atoms with E-state index in [0.717, 1.165) is 27.7 Å². The first kappa shape index (κ1) is 13.8. The maximum absolute atomic E-state index is 13.1. The van der Waals surface area contributed by atoms with Gasteiger partial charge in [-0.15, -0.1) is 0 Å². The summed E-state index contributed by atoms with van der Waals surface area (Å²) in [5.41, 5.74) is 3.69. The molecule has 0 fully saturated rings. The Labute approximate surface area is 131 Å². The van der Waals surface area contributed by atoms with Crippen molar-refractivity contribution in [1.82, 2.24) is 15.2 Å². The third kappa shape index (κ3) is 2.44. The van der Waals surface area contributed by atoms with Gasteiger partial charge in [0.1, 0.15) is 11.0 Å². The molecule has 0 amide bonds. The Hall–Kier alpha value is -2.82. The van der Waals surface area contributed by atoms with Crippen molar-refractivity contribution in [3.8, 4) is 0 Å². The topological polar surface area (TPSA) is 41.6 Å². The molecule has 23 heavy (non-hydrogen) atoms. The number of nitrogens with zero attached hydrogens (tertiary/aromatic N) is 2. The highest BCUT2D eigenvalue weighted by molar-refractivity contribution is 5.87. The first-order chi connectivity index (χ1) is 11.2. The van der Waals surface area contributed by atoms with E-state index >= 15 is 0 Å². The SMILES string of the molecule is FC(F)c1cccc2cc(Cc3[nH]nc4cccnc34)ccc12. The fourth-order valence-electron chi connectivity index (χ4n) is 2.89. The van der Waals surface area contributed by atoms with E-state index in [2.05, 4.69) is 15.2 Å². The lowest BCUT2D eigenvalue weighted by Crippen LogP contribution is -1.92. The Balaban J connectivity index is 1.75. The molecule has 0 unspecified atom stereocenters. The zero-order valence-electron chi connectivity index (χ0n) is 12.1. The summed E-state index contributed by atoms with van der Waals surface area (Å²) in [6.45, 7) is 0. The summed E-state index contributed by atoms with van der Waals surface area (Å²) < 4.78 is 26.1. The molecule has 0 aliphatic rings. The molecule has 0 aliphatic heterocycles. The van der Waals surface area contributed by atoms with Gasteiger partial charge in [-0.25, -0.2) is 8.78 Å². The third-order valence-electron chi connectivity index (χ3n) is 3.98. The summed E-state index contributed by atoms with van der Waals surface area (Å²) in [4.78, 5) is 4.34. The lowest BCUT2D eigenvalue weighted by atomic mass is 10.00. The van der Waals surface area contributed by atoms with Crippen molar-refractivity contribution in [2.75, 3.05) is 0 Å². The lowest BCUT2D eigenvalue weighted by Gasteiger charge is -2.07. The summed E-state index contributed by atoms with van der Waals surface area (Å²) in [6.07, 6.45) is -0.107. The van der Waals surface area contributed by atoms with Gasteiger partial charge < -0.3 is 0 Å². The van der Waals surface area contributed by atoms with Crippen LogP contribution in [-0.4, -0.2) is 15.2 Å². The van der Waals surface area contributed by atoms with Crippen molar-refractivity contribution < 1.29 is 8.78 Å². The van der Waals surface area contributed by atoms with E-state index in [-0.39, 0.29) is 5.56 Å². The molecule has 0 atom stereocenters. The normalized spacial score (nSPS) is 11.6. The summed E-state index contributed by atoms with van der Waals surface area (Å²) >= 11 is 0. The summed E-state index contributed by atoms with van der Waals surface area (Å²) in [5.74, 6) is 0. The van der Waals surface area contributed by atoms with Crippen LogP contribution in [0.2, 0.25) is 0 Å². The van der Waals surface area contributed by atoms with Gasteiger partial charge in [-0.1, -0.05) is 36.4 Å². The van der Waals surface area contributed by atoms with E-state index in [1.807, 2.05) is 30.3 Å². The van der Waals surface area contributed by atoms with Gasteiger partial charge in [0.2, 0.25) is 0 Å². The second-order valence-corrected chi connectivity index (χ2v) is 5.45. The number of hydrogen-bond acceptors (Lipinski definition) is 2. The zero-order valence-corrected chi connectivity index (χ0v) is 12.1. The Morgan fingerprint density at radius 3 is 2.83 bits per heavy atom. The van der Waals surface area contributed by atoms with Gasteiger partial charge in [0.25, 0.3) is 6.43 Å². The molecule has 0 saturated carbocycles. The minimum atomic E-state index is -2.47. The molecular formula is C18H13F2N3. The van der Waals surface area contributed by atoms with Crippen molar-refractivity contribution in [3.63, 3.8) is 0 Å². The number of halogens is 2. The second-order valence-electron chi connectivity index (χ2n) is 5.45. The molecule has 0 saturated heterocycles. The first-order valence-electron chi connectivity index (χ1n) is 7.30. The van der Waals surface area contributed by atoms with E-state index in [1.54, 1.807) is 18.3 Å². The Morgan fingerprint density at radius 2 is 1.96 bits per heavy atom. The maximum Gasteiger partial charge on any atom is 0.264 e. The van der Waals surface area contributed by atoms with E-state index in [0.29, 0.717) is 11.8 Å². The summed E-state index contributed by atoms with van der Waals surface area (Å²) in [6, 6.07) is 14.3. The van der Waals surface area contributed by atoms with Crippen molar-refractivity contribution in [2.45, 2.75) is 12.8 Å². The number of hydrogen-bond donors (Lipinski definition) is 1. The van der Waals surface area contributed by atoms with Gasteiger partial charge in [0.05, 0.1) is 5.69 Å². The van der Waals surface area contributed by atoms with Crippen molar-refractivity contribution in [1.29, 1.82) is 0 Å². The minimum Gasteiger partial charge on any atom is -0.279 e. The molecule has 4 rings (SSSR count). The highest BCUT2D eigenvalue weighted by Gasteiger charge is 2.12. The third-order valence-corrected chi connectivity index (χ3v) is 3.98. The Bertz CT molecular complexity index is 992. The van der Waals surface area contributed by atoms with Gasteiger partial charge in [0, 0.05) is 18.2 Å². The zero-order chi connectivity index (χ0) is 15.8. The molecule has 0 bridgehead atoms. The number of alkyl halides is 2. The summed E-state index contributed by atoms with van der Waals surface area (Å²) in [7, 11) is 0. The quantitative estimate of drug-likeness (QED) is 0.599. The number of fused-ring (bicyclic) bond motifs is 2. The van der Waals surface area contributed by atoms with Gasteiger partial charge in [-0.3, -0.25) is 10.1 Å². The number of aromatic nitrogens is 3. The number of aromatic amines is 1. The molecule has 0 spiro atoms. The van der Waals surface area contributed by atoms with Crippen molar-refractivity contribution in [2.24, 2.45) is 0 Å². The Morgan fingerprint density at radius 1 is 1.04 bits per heavy atom. The first-order valence-corrected chi connectivity index (χ1v) is 7.30. The molecule has 3 nitrogen and oxygen atoms in total. The van der Waals surface area contributed by atoms with Crippen molar-refractivity contribution in [3.05, 3.63) is 71.5 Å². The fraction of sp³-hybridized carbons (Fsp3) is 0.111. The number of H-pyrrole nitrogens is 1. The average molecular weight is 309 g/mol. The predicted octanol–water partition coefficient (Wildman–Crippen LogP) is 4.64. The average Bonchev–Trinajstić information content (AvgIpc) is 2.97. The molecule has 2 heterocycles. The van der Waals surface area contributed by atoms with Crippen LogP contribution in [0.3, 0.4) is 0 Å². The van der Waals surface area contributed by atoms with Gasteiger partial charge in [-0.2, -0.15) is 5.10 Å². The van der Waals surface area contributed by atoms with Crippen LogP contribution in [0.25, 0.3) is 21.8 Å². The largest absolute Gasteiger partial charge is 0.279 e. The van der Waals surface area contributed by atoms with Crippen LogP contribution in [0.4, 0.5) is 8.78 Å². The van der Waals surface area contributed by atoms with Crippen LogP contribution in [0.15, 0.2) is 54.7 Å². The monoisotopic (exact) mass is 309 g/mol. The Kier molecular flexibility index (Phi) is 3.26. The number of pyridine rings is 1. The van der Waals surface area contributed by atoms with Crippen LogP contribution in [-0.2, 0) is 6.42 Å².